The Labute approximate surface area is 122 Å². The molecule has 20 heavy (non-hydrogen) atoms. The molecule has 2 aliphatic carbocycles. The summed E-state index contributed by atoms with van der Waals surface area (Å²) in [5, 5.41) is 3.59. The van der Waals surface area contributed by atoms with Gasteiger partial charge >= 0.3 is 0 Å². The minimum absolute atomic E-state index is 0.446. The van der Waals surface area contributed by atoms with Gasteiger partial charge in [-0.25, -0.2) is 0 Å². The van der Waals surface area contributed by atoms with Gasteiger partial charge in [-0.1, -0.05) is 31.9 Å². The molecular formula is C18H27NO. The minimum atomic E-state index is 0.446. The Kier molecular flexibility index (Phi) is 4.62. The zero-order valence-electron chi connectivity index (χ0n) is 12.7. The Morgan fingerprint density at radius 1 is 1.10 bits per heavy atom. The van der Waals surface area contributed by atoms with Crippen LogP contribution in [0.25, 0.3) is 0 Å². The summed E-state index contributed by atoms with van der Waals surface area (Å²) < 4.78 is 6.38. The summed E-state index contributed by atoms with van der Waals surface area (Å²) in [5.74, 6) is 1.16. The van der Waals surface area contributed by atoms with Crippen LogP contribution in [0.2, 0.25) is 0 Å². The van der Waals surface area contributed by atoms with Crippen molar-refractivity contribution in [3.63, 3.8) is 0 Å². The van der Waals surface area contributed by atoms with Crippen molar-refractivity contribution in [2.45, 2.75) is 70.4 Å². The van der Waals surface area contributed by atoms with E-state index in [0.717, 1.165) is 18.7 Å². The molecule has 2 aliphatic rings. The van der Waals surface area contributed by atoms with E-state index in [9.17, 15) is 0 Å². The van der Waals surface area contributed by atoms with Gasteiger partial charge in [-0.15, -0.1) is 0 Å². The van der Waals surface area contributed by atoms with Crippen molar-refractivity contribution in [3.05, 3.63) is 29.3 Å². The van der Waals surface area contributed by atoms with E-state index >= 15 is 0 Å². The topological polar surface area (TPSA) is 21.3 Å². The third kappa shape index (κ3) is 3.01. The van der Waals surface area contributed by atoms with Crippen LogP contribution in [0.15, 0.2) is 18.2 Å². The number of rotatable bonds is 4. The molecule has 1 aromatic rings. The van der Waals surface area contributed by atoms with Crippen LogP contribution < -0.4 is 10.1 Å². The van der Waals surface area contributed by atoms with Crippen molar-refractivity contribution >= 4 is 0 Å². The SMILES string of the molecule is CCNC1CCc2c(OC3CCCCCC3)cccc21. The third-order valence-electron chi connectivity index (χ3n) is 4.77. The average molecular weight is 273 g/mol. The summed E-state index contributed by atoms with van der Waals surface area (Å²) in [7, 11) is 0. The number of hydrogen-bond acceptors (Lipinski definition) is 2. The summed E-state index contributed by atoms with van der Waals surface area (Å²) in [6.45, 7) is 3.22. The van der Waals surface area contributed by atoms with Crippen molar-refractivity contribution in [3.8, 4) is 5.75 Å². The average Bonchev–Trinajstić information content (AvgIpc) is 2.70. The summed E-state index contributed by atoms with van der Waals surface area (Å²) in [4.78, 5) is 0. The highest BCUT2D eigenvalue weighted by atomic mass is 16.5. The van der Waals surface area contributed by atoms with E-state index in [0.29, 0.717) is 12.1 Å². The monoisotopic (exact) mass is 273 g/mol. The van der Waals surface area contributed by atoms with Gasteiger partial charge in [0.2, 0.25) is 0 Å². The Bertz CT molecular complexity index is 435. The molecule has 3 rings (SSSR count). The van der Waals surface area contributed by atoms with E-state index < -0.39 is 0 Å². The normalized spacial score (nSPS) is 23.4. The van der Waals surface area contributed by atoms with Crippen LogP contribution in [0.1, 0.15) is 69.0 Å². The Balaban J connectivity index is 1.74. The Morgan fingerprint density at radius 3 is 2.65 bits per heavy atom. The molecule has 0 spiro atoms. The largest absolute Gasteiger partial charge is 0.490 e. The number of fused-ring (bicyclic) bond motifs is 1. The number of ether oxygens (including phenoxy) is 1. The van der Waals surface area contributed by atoms with Gasteiger partial charge in [0.25, 0.3) is 0 Å². The van der Waals surface area contributed by atoms with Crippen molar-refractivity contribution in [2.75, 3.05) is 6.54 Å². The number of benzene rings is 1. The lowest BCUT2D eigenvalue weighted by Crippen LogP contribution is -2.18. The van der Waals surface area contributed by atoms with Gasteiger partial charge < -0.3 is 10.1 Å². The second-order valence-corrected chi connectivity index (χ2v) is 6.20. The molecule has 2 nitrogen and oxygen atoms in total. The molecule has 2 heteroatoms. The first-order chi connectivity index (χ1) is 9.88. The van der Waals surface area contributed by atoms with Crippen LogP contribution in [0.5, 0.6) is 5.75 Å². The maximum Gasteiger partial charge on any atom is 0.123 e. The molecule has 0 radical (unpaired) electrons. The molecule has 0 aliphatic heterocycles. The van der Waals surface area contributed by atoms with Crippen LogP contribution in [-0.2, 0) is 6.42 Å². The molecular weight excluding hydrogens is 246 g/mol. The fourth-order valence-electron chi connectivity index (χ4n) is 3.73. The molecule has 0 amide bonds. The van der Waals surface area contributed by atoms with Crippen LogP contribution in [-0.4, -0.2) is 12.6 Å². The van der Waals surface area contributed by atoms with Crippen molar-refractivity contribution in [1.82, 2.24) is 5.32 Å². The van der Waals surface area contributed by atoms with E-state index in [1.54, 1.807) is 0 Å². The number of nitrogens with one attached hydrogen (secondary N) is 1. The molecule has 0 heterocycles. The highest BCUT2D eigenvalue weighted by Gasteiger charge is 2.25. The predicted octanol–water partition coefficient (Wildman–Crippen LogP) is 4.39. The van der Waals surface area contributed by atoms with Crippen molar-refractivity contribution in [1.29, 1.82) is 0 Å². The summed E-state index contributed by atoms with van der Waals surface area (Å²) in [5.41, 5.74) is 2.93. The Morgan fingerprint density at radius 2 is 1.90 bits per heavy atom. The smallest absolute Gasteiger partial charge is 0.123 e. The number of hydrogen-bond donors (Lipinski definition) is 1. The summed E-state index contributed by atoms with van der Waals surface area (Å²) in [6.07, 6.45) is 10.7. The third-order valence-corrected chi connectivity index (χ3v) is 4.77. The van der Waals surface area contributed by atoms with Gasteiger partial charge in [-0.2, -0.15) is 0 Å². The first kappa shape index (κ1) is 13.9. The molecule has 1 N–H and O–H groups in total. The lowest BCUT2D eigenvalue weighted by Gasteiger charge is -2.20. The molecule has 0 aromatic heterocycles. The van der Waals surface area contributed by atoms with Gasteiger partial charge in [0.1, 0.15) is 5.75 Å². The Hall–Kier alpha value is -1.02. The van der Waals surface area contributed by atoms with E-state index in [2.05, 4.69) is 30.4 Å². The molecule has 1 saturated carbocycles. The standard InChI is InChI=1S/C18H27NO/c1-2-19-17-13-12-16-15(17)10-7-11-18(16)20-14-8-5-3-4-6-9-14/h7,10-11,14,17,19H,2-6,8-9,12-13H2,1H3. The van der Waals surface area contributed by atoms with Gasteiger partial charge in [0.05, 0.1) is 6.10 Å². The molecule has 1 unspecified atom stereocenters. The molecule has 110 valence electrons. The van der Waals surface area contributed by atoms with E-state index in [1.165, 1.54) is 56.1 Å². The van der Waals surface area contributed by atoms with Gasteiger partial charge in [0.15, 0.2) is 0 Å². The lowest BCUT2D eigenvalue weighted by molar-refractivity contribution is 0.182. The summed E-state index contributed by atoms with van der Waals surface area (Å²) >= 11 is 0. The van der Waals surface area contributed by atoms with E-state index in [4.69, 9.17) is 4.74 Å². The van der Waals surface area contributed by atoms with Gasteiger partial charge in [-0.3, -0.25) is 0 Å². The fourth-order valence-corrected chi connectivity index (χ4v) is 3.73. The van der Waals surface area contributed by atoms with Crippen LogP contribution in [0.4, 0.5) is 0 Å². The lowest BCUT2D eigenvalue weighted by atomic mass is 10.1. The van der Waals surface area contributed by atoms with Gasteiger partial charge in [0, 0.05) is 6.04 Å². The zero-order chi connectivity index (χ0) is 13.8. The molecule has 1 atom stereocenters. The highest BCUT2D eigenvalue weighted by molar-refractivity contribution is 5.45. The van der Waals surface area contributed by atoms with Crippen LogP contribution >= 0.6 is 0 Å². The molecule has 0 saturated heterocycles. The molecule has 1 fully saturated rings. The first-order valence-corrected chi connectivity index (χ1v) is 8.40. The quantitative estimate of drug-likeness (QED) is 0.822. The van der Waals surface area contributed by atoms with Gasteiger partial charge in [-0.05, 0) is 62.3 Å². The fraction of sp³-hybridized carbons (Fsp3) is 0.667. The second-order valence-electron chi connectivity index (χ2n) is 6.20. The van der Waals surface area contributed by atoms with Crippen molar-refractivity contribution < 1.29 is 4.74 Å². The second kappa shape index (κ2) is 6.62. The van der Waals surface area contributed by atoms with E-state index in [-0.39, 0.29) is 0 Å². The molecule has 0 bridgehead atoms. The maximum atomic E-state index is 6.38. The summed E-state index contributed by atoms with van der Waals surface area (Å²) in [6, 6.07) is 7.15. The highest BCUT2D eigenvalue weighted by Crippen LogP contribution is 2.38. The molecule has 1 aromatic carbocycles. The maximum absolute atomic E-state index is 6.38. The van der Waals surface area contributed by atoms with Crippen LogP contribution in [0, 0.1) is 0 Å². The predicted molar refractivity (Wildman–Crippen MR) is 83.3 cm³/mol. The van der Waals surface area contributed by atoms with Crippen molar-refractivity contribution in [2.24, 2.45) is 0 Å². The zero-order valence-corrected chi connectivity index (χ0v) is 12.7. The first-order valence-electron chi connectivity index (χ1n) is 8.40. The minimum Gasteiger partial charge on any atom is -0.490 e. The van der Waals surface area contributed by atoms with E-state index in [1.807, 2.05) is 0 Å². The van der Waals surface area contributed by atoms with Crippen LogP contribution in [0.3, 0.4) is 0 Å².